The molecule has 0 fully saturated rings. The summed E-state index contributed by atoms with van der Waals surface area (Å²) in [5.74, 6) is -0.131. The minimum atomic E-state index is -0.383. The highest BCUT2D eigenvalue weighted by atomic mass is 19.1. The fourth-order valence-electron chi connectivity index (χ4n) is 2.27. The van der Waals surface area contributed by atoms with Gasteiger partial charge in [-0.1, -0.05) is 0 Å². The average molecular weight is 330 g/mol. The molecule has 0 unspecified atom stereocenters. The van der Waals surface area contributed by atoms with Gasteiger partial charge in [0.05, 0.1) is 7.11 Å². The summed E-state index contributed by atoms with van der Waals surface area (Å²) in [4.78, 5) is 23.1. The van der Waals surface area contributed by atoms with Crippen molar-refractivity contribution in [2.45, 2.75) is 13.3 Å². The van der Waals surface area contributed by atoms with Crippen LogP contribution in [-0.2, 0) is 11.2 Å². The Hall–Kier alpha value is -2.89. The largest absolute Gasteiger partial charge is 0.496 e. The molecule has 5 nitrogen and oxygen atoms in total. The summed E-state index contributed by atoms with van der Waals surface area (Å²) in [5.41, 5.74) is 1.93. The predicted molar refractivity (Wildman–Crippen MR) is 89.7 cm³/mol. The first kappa shape index (κ1) is 17.5. The maximum atomic E-state index is 12.9. The lowest BCUT2D eigenvalue weighted by Gasteiger charge is -2.12. The molecule has 0 aromatic heterocycles. The van der Waals surface area contributed by atoms with Crippen molar-refractivity contribution in [3.8, 4) is 5.75 Å². The van der Waals surface area contributed by atoms with Crippen LogP contribution in [0, 0.1) is 5.82 Å². The van der Waals surface area contributed by atoms with E-state index in [1.54, 1.807) is 19.2 Å². The van der Waals surface area contributed by atoms with Crippen molar-refractivity contribution in [1.82, 2.24) is 5.32 Å². The Bertz CT molecular complexity index is 730. The fourth-order valence-corrected chi connectivity index (χ4v) is 2.27. The molecule has 2 N–H and O–H groups in total. The second-order valence-corrected chi connectivity index (χ2v) is 5.22. The van der Waals surface area contributed by atoms with Gasteiger partial charge in [0.25, 0.3) is 5.91 Å². The summed E-state index contributed by atoms with van der Waals surface area (Å²) in [6, 6.07) is 10.7. The predicted octanol–water partition coefficient (Wildman–Crippen LogP) is 2.77. The number of amides is 2. The van der Waals surface area contributed by atoms with Crippen LogP contribution >= 0.6 is 0 Å². The molecule has 2 amide bonds. The van der Waals surface area contributed by atoms with E-state index < -0.39 is 0 Å². The minimum Gasteiger partial charge on any atom is -0.496 e. The number of hydrogen-bond donors (Lipinski definition) is 2. The Kier molecular flexibility index (Phi) is 5.89. The lowest BCUT2D eigenvalue weighted by atomic mass is 10.1. The van der Waals surface area contributed by atoms with E-state index >= 15 is 0 Å². The zero-order chi connectivity index (χ0) is 17.5. The molecule has 2 rings (SSSR count). The van der Waals surface area contributed by atoms with E-state index in [0.29, 0.717) is 30.0 Å². The monoisotopic (exact) mass is 330 g/mol. The first-order valence-electron chi connectivity index (χ1n) is 7.48. The summed E-state index contributed by atoms with van der Waals surface area (Å²) in [6.45, 7) is 1.82. The SMILES string of the molecule is COc1ccc(NC(C)=O)cc1CCNC(=O)c1ccc(F)cc1. The summed E-state index contributed by atoms with van der Waals surface area (Å²) in [7, 11) is 1.56. The van der Waals surface area contributed by atoms with Gasteiger partial charge >= 0.3 is 0 Å². The van der Waals surface area contributed by atoms with Gasteiger partial charge in [-0.2, -0.15) is 0 Å². The van der Waals surface area contributed by atoms with Crippen LogP contribution in [0.15, 0.2) is 42.5 Å². The Morgan fingerprint density at radius 1 is 1.12 bits per heavy atom. The molecule has 0 aliphatic carbocycles. The summed E-state index contributed by atoms with van der Waals surface area (Å²) < 4.78 is 18.2. The first-order chi connectivity index (χ1) is 11.5. The Morgan fingerprint density at radius 3 is 2.46 bits per heavy atom. The maximum absolute atomic E-state index is 12.9. The molecule has 0 radical (unpaired) electrons. The Labute approximate surface area is 139 Å². The molecule has 0 bridgehead atoms. The molecule has 0 heterocycles. The number of benzene rings is 2. The van der Waals surface area contributed by atoms with Gasteiger partial charge in [0, 0.05) is 24.7 Å². The lowest BCUT2D eigenvalue weighted by molar-refractivity contribution is -0.114. The van der Waals surface area contributed by atoms with Crippen LogP contribution in [0.4, 0.5) is 10.1 Å². The van der Waals surface area contributed by atoms with Crippen LogP contribution in [0.1, 0.15) is 22.8 Å². The average Bonchev–Trinajstić information content (AvgIpc) is 2.55. The van der Waals surface area contributed by atoms with E-state index in [1.807, 2.05) is 6.07 Å². The molecule has 6 heteroatoms. The summed E-state index contributed by atoms with van der Waals surface area (Å²) in [5, 5.41) is 5.48. The van der Waals surface area contributed by atoms with E-state index in [4.69, 9.17) is 4.74 Å². The van der Waals surface area contributed by atoms with Crippen molar-refractivity contribution in [1.29, 1.82) is 0 Å². The van der Waals surface area contributed by atoms with Gasteiger partial charge in [0.15, 0.2) is 0 Å². The third-order valence-electron chi connectivity index (χ3n) is 3.39. The molecule has 0 saturated carbocycles. The quantitative estimate of drug-likeness (QED) is 0.856. The minimum absolute atomic E-state index is 0.157. The van der Waals surface area contributed by atoms with Crippen LogP contribution in [-0.4, -0.2) is 25.5 Å². The van der Waals surface area contributed by atoms with Gasteiger partial charge in [0.2, 0.25) is 5.91 Å². The molecule has 2 aromatic carbocycles. The van der Waals surface area contributed by atoms with Crippen molar-refractivity contribution in [3.05, 3.63) is 59.4 Å². The summed E-state index contributed by atoms with van der Waals surface area (Å²) in [6.07, 6.45) is 0.531. The van der Waals surface area contributed by atoms with Gasteiger partial charge < -0.3 is 15.4 Å². The summed E-state index contributed by atoms with van der Waals surface area (Å²) >= 11 is 0. The topological polar surface area (TPSA) is 67.4 Å². The van der Waals surface area contributed by atoms with Gasteiger partial charge in [0.1, 0.15) is 11.6 Å². The number of ether oxygens (including phenoxy) is 1. The van der Waals surface area contributed by atoms with E-state index in [2.05, 4.69) is 10.6 Å². The van der Waals surface area contributed by atoms with Crippen LogP contribution < -0.4 is 15.4 Å². The smallest absolute Gasteiger partial charge is 0.251 e. The molecule has 126 valence electrons. The third kappa shape index (κ3) is 4.81. The van der Waals surface area contributed by atoms with E-state index in [-0.39, 0.29) is 17.6 Å². The van der Waals surface area contributed by atoms with E-state index in [0.717, 1.165) is 5.56 Å². The standard InChI is InChI=1S/C18H19FN2O3/c1-12(22)21-16-7-8-17(24-2)14(11-16)9-10-20-18(23)13-3-5-15(19)6-4-13/h3-8,11H,9-10H2,1-2H3,(H,20,23)(H,21,22). The fraction of sp³-hybridized carbons (Fsp3) is 0.222. The second-order valence-electron chi connectivity index (χ2n) is 5.22. The zero-order valence-corrected chi connectivity index (χ0v) is 13.6. The third-order valence-corrected chi connectivity index (χ3v) is 3.39. The highest BCUT2D eigenvalue weighted by Crippen LogP contribution is 2.23. The number of hydrogen-bond acceptors (Lipinski definition) is 3. The maximum Gasteiger partial charge on any atom is 0.251 e. The van der Waals surface area contributed by atoms with E-state index in [1.165, 1.54) is 31.2 Å². The molecule has 0 saturated heterocycles. The highest BCUT2D eigenvalue weighted by Gasteiger charge is 2.08. The number of anilines is 1. The number of halogens is 1. The van der Waals surface area contributed by atoms with Crippen LogP contribution in [0.3, 0.4) is 0 Å². The number of nitrogens with one attached hydrogen (secondary N) is 2. The van der Waals surface area contributed by atoms with Crippen molar-refractivity contribution in [2.75, 3.05) is 19.0 Å². The van der Waals surface area contributed by atoms with Crippen molar-refractivity contribution >= 4 is 17.5 Å². The normalized spacial score (nSPS) is 10.1. The lowest BCUT2D eigenvalue weighted by Crippen LogP contribution is -2.25. The number of rotatable bonds is 6. The van der Waals surface area contributed by atoms with Crippen LogP contribution in [0.5, 0.6) is 5.75 Å². The molecule has 0 spiro atoms. The van der Waals surface area contributed by atoms with Gasteiger partial charge in [-0.15, -0.1) is 0 Å². The van der Waals surface area contributed by atoms with Crippen LogP contribution in [0.25, 0.3) is 0 Å². The molecule has 2 aromatic rings. The van der Waals surface area contributed by atoms with Crippen molar-refractivity contribution in [2.24, 2.45) is 0 Å². The molecule has 0 atom stereocenters. The van der Waals surface area contributed by atoms with E-state index in [9.17, 15) is 14.0 Å². The van der Waals surface area contributed by atoms with Gasteiger partial charge in [-0.3, -0.25) is 9.59 Å². The molecule has 24 heavy (non-hydrogen) atoms. The van der Waals surface area contributed by atoms with Crippen molar-refractivity contribution in [3.63, 3.8) is 0 Å². The number of methoxy groups -OCH3 is 1. The molecule has 0 aliphatic rings. The number of carbonyl (C=O) groups is 2. The van der Waals surface area contributed by atoms with Gasteiger partial charge in [-0.05, 0) is 54.4 Å². The number of carbonyl (C=O) groups excluding carboxylic acids is 2. The first-order valence-corrected chi connectivity index (χ1v) is 7.48. The van der Waals surface area contributed by atoms with Gasteiger partial charge in [-0.25, -0.2) is 4.39 Å². The zero-order valence-electron chi connectivity index (χ0n) is 13.6. The van der Waals surface area contributed by atoms with Crippen LogP contribution in [0.2, 0.25) is 0 Å². The Morgan fingerprint density at radius 2 is 1.83 bits per heavy atom. The molecular formula is C18H19FN2O3. The second kappa shape index (κ2) is 8.10. The molecule has 0 aliphatic heterocycles. The highest BCUT2D eigenvalue weighted by molar-refractivity contribution is 5.94. The molecular weight excluding hydrogens is 311 g/mol. The Balaban J connectivity index is 1.98. The van der Waals surface area contributed by atoms with Crippen molar-refractivity contribution < 1.29 is 18.7 Å².